The van der Waals surface area contributed by atoms with E-state index in [4.69, 9.17) is 5.11 Å². The molecule has 1 aromatic rings. The normalized spacial score (nSPS) is 14.4. The highest BCUT2D eigenvalue weighted by molar-refractivity contribution is 7.80. The average Bonchev–Trinajstić information content (AvgIpc) is 2.37. The Labute approximate surface area is 107 Å². The van der Waals surface area contributed by atoms with Crippen molar-refractivity contribution in [3.63, 3.8) is 0 Å². The average molecular weight is 257 g/mol. The summed E-state index contributed by atoms with van der Waals surface area (Å²) in [5.41, 5.74) is 1.61. The molecule has 3 N–H and O–H groups in total. The van der Waals surface area contributed by atoms with Crippen LogP contribution in [-0.4, -0.2) is 47.4 Å². The lowest BCUT2D eigenvalue weighted by Crippen LogP contribution is -2.22. The Balaban J connectivity index is 2.73. The van der Waals surface area contributed by atoms with Crippen LogP contribution in [0.2, 0.25) is 0 Å². The van der Waals surface area contributed by atoms with E-state index >= 15 is 0 Å². The molecule has 5 heteroatoms. The number of benzene rings is 1. The van der Waals surface area contributed by atoms with Gasteiger partial charge < -0.3 is 20.2 Å². The van der Waals surface area contributed by atoms with E-state index in [-0.39, 0.29) is 12.4 Å². The Bertz CT molecular complexity index is 331. The van der Waals surface area contributed by atoms with Gasteiger partial charge in [0.1, 0.15) is 6.10 Å². The summed E-state index contributed by atoms with van der Waals surface area (Å²) in [6.45, 7) is 0.653. The molecular weight excluding hydrogens is 238 g/mol. The Morgan fingerprint density at radius 2 is 1.82 bits per heavy atom. The zero-order valence-corrected chi connectivity index (χ0v) is 10.7. The number of thiol groups is 1. The lowest BCUT2D eigenvalue weighted by atomic mass is 10.0. The molecule has 2 unspecified atom stereocenters. The predicted octanol–water partition coefficient (Wildman–Crippen LogP) is 0.439. The van der Waals surface area contributed by atoms with E-state index in [1.807, 2.05) is 24.1 Å². The topological polar surface area (TPSA) is 63.9 Å². The minimum atomic E-state index is -0.912. The quantitative estimate of drug-likeness (QED) is 0.558. The molecule has 0 heterocycles. The van der Waals surface area contributed by atoms with Gasteiger partial charge in [-0.25, -0.2) is 0 Å². The molecule has 0 aromatic heterocycles. The van der Waals surface area contributed by atoms with Gasteiger partial charge in [0.15, 0.2) is 0 Å². The molecule has 0 bridgehead atoms. The third-order valence-electron chi connectivity index (χ3n) is 2.66. The molecule has 96 valence electrons. The Hall–Kier alpha value is -0.750. The van der Waals surface area contributed by atoms with Gasteiger partial charge in [0, 0.05) is 25.0 Å². The molecule has 1 rings (SSSR count). The smallest absolute Gasteiger partial charge is 0.106 e. The molecule has 0 saturated heterocycles. The van der Waals surface area contributed by atoms with Crippen molar-refractivity contribution in [3.05, 3.63) is 29.8 Å². The standard InChI is InChI=1S/C12H19NO3S/c1-13(6-7-14)10-4-2-9(3-5-10)12(16)11(15)8-17/h2-5,11-12,14-17H,6-8H2,1H3. The van der Waals surface area contributed by atoms with Gasteiger partial charge in [-0.3, -0.25) is 0 Å². The maximum atomic E-state index is 9.77. The molecule has 0 aliphatic rings. The molecule has 17 heavy (non-hydrogen) atoms. The van der Waals surface area contributed by atoms with E-state index in [2.05, 4.69) is 12.6 Å². The summed E-state index contributed by atoms with van der Waals surface area (Å²) in [5.74, 6) is 0.216. The molecule has 1 aromatic carbocycles. The number of hydrogen-bond acceptors (Lipinski definition) is 5. The summed E-state index contributed by atoms with van der Waals surface area (Å²) in [7, 11) is 1.88. The lowest BCUT2D eigenvalue weighted by molar-refractivity contribution is 0.0338. The van der Waals surface area contributed by atoms with Crippen molar-refractivity contribution in [2.24, 2.45) is 0 Å². The third kappa shape index (κ3) is 3.89. The highest BCUT2D eigenvalue weighted by atomic mass is 32.1. The number of likely N-dealkylation sites (N-methyl/N-ethyl adjacent to an activating group) is 1. The van der Waals surface area contributed by atoms with E-state index in [1.165, 1.54) is 0 Å². The molecular formula is C12H19NO3S. The van der Waals surface area contributed by atoms with Crippen LogP contribution < -0.4 is 4.90 Å². The Kier molecular flexibility index (Phi) is 5.77. The van der Waals surface area contributed by atoms with Gasteiger partial charge in [0.25, 0.3) is 0 Å². The lowest BCUT2D eigenvalue weighted by Gasteiger charge is -2.20. The van der Waals surface area contributed by atoms with Gasteiger partial charge in [-0.2, -0.15) is 12.6 Å². The van der Waals surface area contributed by atoms with Gasteiger partial charge in [0.2, 0.25) is 0 Å². The monoisotopic (exact) mass is 257 g/mol. The van der Waals surface area contributed by atoms with Gasteiger partial charge >= 0.3 is 0 Å². The number of nitrogens with zero attached hydrogens (tertiary/aromatic N) is 1. The van der Waals surface area contributed by atoms with Crippen LogP contribution in [0.1, 0.15) is 11.7 Å². The van der Waals surface area contributed by atoms with Gasteiger partial charge in [-0.15, -0.1) is 0 Å². The van der Waals surface area contributed by atoms with Crippen molar-refractivity contribution in [3.8, 4) is 0 Å². The molecule has 2 atom stereocenters. The van der Waals surface area contributed by atoms with Crippen molar-refractivity contribution in [2.75, 3.05) is 30.9 Å². The fourth-order valence-corrected chi connectivity index (χ4v) is 1.73. The molecule has 0 aliphatic carbocycles. The first-order valence-corrected chi connectivity index (χ1v) is 6.12. The Morgan fingerprint density at radius 1 is 1.24 bits per heavy atom. The SMILES string of the molecule is CN(CCO)c1ccc(C(O)C(O)CS)cc1. The number of rotatable bonds is 6. The second kappa shape index (κ2) is 6.86. The minimum absolute atomic E-state index is 0.0965. The van der Waals surface area contributed by atoms with Crippen molar-refractivity contribution in [1.29, 1.82) is 0 Å². The van der Waals surface area contributed by atoms with Crippen molar-refractivity contribution in [2.45, 2.75) is 12.2 Å². The molecule has 0 aliphatic heterocycles. The van der Waals surface area contributed by atoms with Crippen molar-refractivity contribution >= 4 is 18.3 Å². The highest BCUT2D eigenvalue weighted by Crippen LogP contribution is 2.21. The predicted molar refractivity (Wildman–Crippen MR) is 71.6 cm³/mol. The second-order valence-corrected chi connectivity index (χ2v) is 4.30. The van der Waals surface area contributed by atoms with Gasteiger partial charge in [-0.1, -0.05) is 12.1 Å². The molecule has 4 nitrogen and oxygen atoms in total. The molecule has 0 fully saturated rings. The van der Waals surface area contributed by atoms with Crippen LogP contribution in [-0.2, 0) is 0 Å². The zero-order valence-electron chi connectivity index (χ0n) is 9.82. The fourth-order valence-electron chi connectivity index (χ4n) is 1.53. The molecule has 0 radical (unpaired) electrons. The summed E-state index contributed by atoms with van der Waals surface area (Å²) < 4.78 is 0. The van der Waals surface area contributed by atoms with Crippen LogP contribution in [0.4, 0.5) is 5.69 Å². The largest absolute Gasteiger partial charge is 0.395 e. The van der Waals surface area contributed by atoms with E-state index < -0.39 is 12.2 Å². The van der Waals surface area contributed by atoms with E-state index in [0.717, 1.165) is 5.69 Å². The maximum Gasteiger partial charge on any atom is 0.106 e. The van der Waals surface area contributed by atoms with Crippen LogP contribution in [0.3, 0.4) is 0 Å². The molecule has 0 saturated carbocycles. The summed E-state index contributed by atoms with van der Waals surface area (Å²) in [6.07, 6.45) is -1.77. The van der Waals surface area contributed by atoms with Crippen LogP contribution in [0.25, 0.3) is 0 Å². The van der Waals surface area contributed by atoms with E-state index in [1.54, 1.807) is 12.1 Å². The van der Waals surface area contributed by atoms with Crippen LogP contribution in [0, 0.1) is 0 Å². The van der Waals surface area contributed by atoms with E-state index in [0.29, 0.717) is 12.1 Å². The second-order valence-electron chi connectivity index (χ2n) is 3.93. The Morgan fingerprint density at radius 3 is 2.29 bits per heavy atom. The summed E-state index contributed by atoms with van der Waals surface area (Å²) in [6, 6.07) is 7.22. The number of anilines is 1. The number of hydrogen-bond donors (Lipinski definition) is 4. The van der Waals surface area contributed by atoms with Crippen LogP contribution >= 0.6 is 12.6 Å². The van der Waals surface area contributed by atoms with Crippen LogP contribution in [0.5, 0.6) is 0 Å². The minimum Gasteiger partial charge on any atom is -0.395 e. The molecule has 0 amide bonds. The van der Waals surface area contributed by atoms with Crippen molar-refractivity contribution in [1.82, 2.24) is 0 Å². The van der Waals surface area contributed by atoms with E-state index in [9.17, 15) is 10.2 Å². The first-order chi connectivity index (χ1) is 8.10. The number of aliphatic hydroxyl groups excluding tert-OH is 3. The highest BCUT2D eigenvalue weighted by Gasteiger charge is 2.16. The first kappa shape index (κ1) is 14.3. The molecule has 0 spiro atoms. The van der Waals surface area contributed by atoms with Gasteiger partial charge in [0.05, 0.1) is 12.7 Å². The van der Waals surface area contributed by atoms with Crippen molar-refractivity contribution < 1.29 is 15.3 Å². The summed E-state index contributed by atoms with van der Waals surface area (Å²) in [5, 5.41) is 28.1. The fraction of sp³-hybridized carbons (Fsp3) is 0.500. The summed E-state index contributed by atoms with van der Waals surface area (Å²) in [4.78, 5) is 1.91. The summed E-state index contributed by atoms with van der Waals surface area (Å²) >= 11 is 3.94. The van der Waals surface area contributed by atoms with Gasteiger partial charge in [-0.05, 0) is 17.7 Å². The maximum absolute atomic E-state index is 9.77. The number of aliphatic hydroxyl groups is 3. The zero-order chi connectivity index (χ0) is 12.8. The van der Waals surface area contributed by atoms with Crippen LogP contribution in [0.15, 0.2) is 24.3 Å². The first-order valence-electron chi connectivity index (χ1n) is 5.49. The third-order valence-corrected chi connectivity index (χ3v) is 3.04.